The smallest absolute Gasteiger partial charge is 0.194 e. The summed E-state index contributed by atoms with van der Waals surface area (Å²) in [4.78, 5) is 7.17. The molecule has 1 aromatic carbocycles. The number of nitrogens with one attached hydrogen (secondary N) is 1. The minimum atomic E-state index is 0.132. The van der Waals surface area contributed by atoms with Crippen LogP contribution in [0.5, 0.6) is 5.75 Å². The Morgan fingerprint density at radius 2 is 2.15 bits per heavy atom. The summed E-state index contributed by atoms with van der Waals surface area (Å²) >= 11 is 0. The molecule has 0 aliphatic carbocycles. The molecule has 2 saturated heterocycles. The van der Waals surface area contributed by atoms with E-state index in [4.69, 9.17) is 19.2 Å². The Kier molecular flexibility index (Phi) is 7.35. The van der Waals surface area contributed by atoms with E-state index >= 15 is 0 Å². The van der Waals surface area contributed by atoms with E-state index in [2.05, 4.69) is 29.3 Å². The second kappa shape index (κ2) is 9.95. The van der Waals surface area contributed by atoms with E-state index in [0.717, 1.165) is 56.4 Å². The Balaban J connectivity index is 1.65. The summed E-state index contributed by atoms with van der Waals surface area (Å²) in [6, 6.07) is 8.18. The van der Waals surface area contributed by atoms with Crippen molar-refractivity contribution in [2.75, 3.05) is 32.8 Å². The van der Waals surface area contributed by atoms with Crippen LogP contribution >= 0.6 is 0 Å². The minimum Gasteiger partial charge on any atom is -0.491 e. The Hall–Kier alpha value is -1.79. The molecule has 0 amide bonds. The first kappa shape index (κ1) is 20.0. The molecule has 3 rings (SSSR count). The highest BCUT2D eigenvalue weighted by molar-refractivity contribution is 5.80. The lowest BCUT2D eigenvalue weighted by molar-refractivity contribution is -0.0817. The van der Waals surface area contributed by atoms with E-state index in [9.17, 15) is 0 Å². The maximum Gasteiger partial charge on any atom is 0.194 e. The molecule has 2 aliphatic rings. The van der Waals surface area contributed by atoms with Gasteiger partial charge in [-0.2, -0.15) is 0 Å². The predicted molar refractivity (Wildman–Crippen MR) is 107 cm³/mol. The van der Waals surface area contributed by atoms with Crippen molar-refractivity contribution in [3.8, 4) is 5.75 Å². The van der Waals surface area contributed by atoms with Crippen molar-refractivity contribution in [3.63, 3.8) is 0 Å². The standard InChI is InChI=1S/C21H33N3O3/c1-4-22-21(23-14-17-7-5-8-18(13-17)27-16(2)3)24-10-12-26-20(15-24)19-9-6-11-25-19/h5,7-8,13,16,19-20H,4,6,9-12,14-15H2,1-3H3,(H,22,23). The normalized spacial score (nSPS) is 23.7. The number of ether oxygens (including phenoxy) is 3. The summed E-state index contributed by atoms with van der Waals surface area (Å²) in [6.45, 7) is 10.9. The fourth-order valence-electron chi connectivity index (χ4n) is 3.57. The largest absolute Gasteiger partial charge is 0.491 e. The van der Waals surface area contributed by atoms with Gasteiger partial charge in [0.05, 0.1) is 25.4 Å². The van der Waals surface area contributed by atoms with Crippen LogP contribution in [0.2, 0.25) is 0 Å². The lowest BCUT2D eigenvalue weighted by atomic mass is 10.1. The molecule has 2 atom stereocenters. The maximum absolute atomic E-state index is 5.97. The van der Waals surface area contributed by atoms with E-state index in [0.29, 0.717) is 13.2 Å². The third kappa shape index (κ3) is 5.84. The monoisotopic (exact) mass is 375 g/mol. The third-order valence-corrected chi connectivity index (χ3v) is 4.79. The van der Waals surface area contributed by atoms with Gasteiger partial charge in [0.25, 0.3) is 0 Å². The average Bonchev–Trinajstić information content (AvgIpc) is 3.20. The topological polar surface area (TPSA) is 55.3 Å². The van der Waals surface area contributed by atoms with Crippen molar-refractivity contribution in [2.45, 2.75) is 58.5 Å². The minimum absolute atomic E-state index is 0.132. The molecule has 6 nitrogen and oxygen atoms in total. The molecule has 2 heterocycles. The van der Waals surface area contributed by atoms with E-state index in [1.807, 2.05) is 26.0 Å². The van der Waals surface area contributed by atoms with Gasteiger partial charge in [-0.25, -0.2) is 4.99 Å². The van der Waals surface area contributed by atoms with Gasteiger partial charge in [-0.15, -0.1) is 0 Å². The Bertz CT molecular complexity index is 614. The van der Waals surface area contributed by atoms with Crippen molar-refractivity contribution in [1.82, 2.24) is 10.2 Å². The van der Waals surface area contributed by atoms with Crippen LogP contribution in [0.25, 0.3) is 0 Å². The van der Waals surface area contributed by atoms with Gasteiger partial charge in [-0.1, -0.05) is 12.1 Å². The number of nitrogens with zero attached hydrogens (tertiary/aromatic N) is 2. The molecule has 150 valence electrons. The zero-order chi connectivity index (χ0) is 19.1. The summed E-state index contributed by atoms with van der Waals surface area (Å²) in [5.41, 5.74) is 1.15. The third-order valence-electron chi connectivity index (χ3n) is 4.79. The molecule has 0 bridgehead atoms. The molecule has 1 N–H and O–H groups in total. The number of benzene rings is 1. The number of hydrogen-bond donors (Lipinski definition) is 1. The van der Waals surface area contributed by atoms with Gasteiger partial charge in [-0.05, 0) is 51.3 Å². The molecule has 1 aromatic rings. The van der Waals surface area contributed by atoms with Crippen molar-refractivity contribution < 1.29 is 14.2 Å². The van der Waals surface area contributed by atoms with Crippen molar-refractivity contribution in [2.24, 2.45) is 4.99 Å². The molecular weight excluding hydrogens is 342 g/mol. The Morgan fingerprint density at radius 3 is 2.89 bits per heavy atom. The summed E-state index contributed by atoms with van der Waals surface area (Å²) in [5.74, 6) is 1.84. The molecule has 2 aliphatic heterocycles. The first-order valence-corrected chi connectivity index (χ1v) is 10.2. The molecule has 27 heavy (non-hydrogen) atoms. The van der Waals surface area contributed by atoms with Crippen LogP contribution in [0.1, 0.15) is 39.2 Å². The summed E-state index contributed by atoms with van der Waals surface area (Å²) in [5, 5.41) is 3.43. The number of aliphatic imine (C=N–C) groups is 1. The van der Waals surface area contributed by atoms with Gasteiger partial charge in [0.1, 0.15) is 11.9 Å². The zero-order valence-corrected chi connectivity index (χ0v) is 16.8. The van der Waals surface area contributed by atoms with Crippen molar-refractivity contribution in [1.29, 1.82) is 0 Å². The second-order valence-corrected chi connectivity index (χ2v) is 7.39. The molecule has 0 radical (unpaired) electrons. The summed E-state index contributed by atoms with van der Waals surface area (Å²) in [6.07, 6.45) is 2.75. The van der Waals surface area contributed by atoms with Crippen LogP contribution in [0.4, 0.5) is 0 Å². The summed E-state index contributed by atoms with van der Waals surface area (Å²) in [7, 11) is 0. The van der Waals surface area contributed by atoms with Crippen molar-refractivity contribution in [3.05, 3.63) is 29.8 Å². The number of hydrogen-bond acceptors (Lipinski definition) is 4. The van der Waals surface area contributed by atoms with Crippen LogP contribution in [0.3, 0.4) is 0 Å². The first-order valence-electron chi connectivity index (χ1n) is 10.2. The lowest BCUT2D eigenvalue weighted by Crippen LogP contribution is -2.53. The lowest BCUT2D eigenvalue weighted by Gasteiger charge is -2.37. The highest BCUT2D eigenvalue weighted by Gasteiger charge is 2.32. The molecular formula is C21H33N3O3. The maximum atomic E-state index is 5.97. The average molecular weight is 376 g/mol. The first-order chi connectivity index (χ1) is 13.2. The van der Waals surface area contributed by atoms with Gasteiger partial charge < -0.3 is 24.4 Å². The highest BCUT2D eigenvalue weighted by atomic mass is 16.5. The van der Waals surface area contributed by atoms with Gasteiger partial charge in [0.15, 0.2) is 5.96 Å². The SMILES string of the molecule is CCNC(=NCc1cccc(OC(C)C)c1)N1CCOC(C2CCCO2)C1. The predicted octanol–water partition coefficient (Wildman–Crippen LogP) is 2.82. The molecule has 0 spiro atoms. The quantitative estimate of drug-likeness (QED) is 0.612. The van der Waals surface area contributed by atoms with Crippen LogP contribution in [0, 0.1) is 0 Å². The summed E-state index contributed by atoms with van der Waals surface area (Å²) < 4.78 is 17.6. The van der Waals surface area contributed by atoms with E-state index < -0.39 is 0 Å². The van der Waals surface area contributed by atoms with Gasteiger partial charge >= 0.3 is 0 Å². The van der Waals surface area contributed by atoms with Crippen molar-refractivity contribution >= 4 is 5.96 Å². The van der Waals surface area contributed by atoms with Crippen LogP contribution in [-0.4, -0.2) is 62.0 Å². The fourth-order valence-corrected chi connectivity index (χ4v) is 3.57. The zero-order valence-electron chi connectivity index (χ0n) is 16.8. The van der Waals surface area contributed by atoms with Gasteiger partial charge in [0.2, 0.25) is 0 Å². The number of rotatable bonds is 6. The Morgan fingerprint density at radius 1 is 1.30 bits per heavy atom. The van der Waals surface area contributed by atoms with Crippen LogP contribution in [-0.2, 0) is 16.0 Å². The number of morpholine rings is 1. The van der Waals surface area contributed by atoms with E-state index in [1.54, 1.807) is 0 Å². The molecule has 0 aromatic heterocycles. The van der Waals surface area contributed by atoms with Gasteiger partial charge in [0, 0.05) is 26.2 Å². The molecule has 0 saturated carbocycles. The molecule has 2 fully saturated rings. The van der Waals surface area contributed by atoms with E-state index in [-0.39, 0.29) is 18.3 Å². The molecule has 6 heteroatoms. The fraction of sp³-hybridized carbons (Fsp3) is 0.667. The van der Waals surface area contributed by atoms with E-state index in [1.165, 1.54) is 0 Å². The highest BCUT2D eigenvalue weighted by Crippen LogP contribution is 2.21. The number of guanidine groups is 1. The van der Waals surface area contributed by atoms with Crippen LogP contribution < -0.4 is 10.1 Å². The molecule has 2 unspecified atom stereocenters. The second-order valence-electron chi connectivity index (χ2n) is 7.39. The van der Waals surface area contributed by atoms with Crippen LogP contribution in [0.15, 0.2) is 29.3 Å². The Labute approximate surface area is 162 Å². The van der Waals surface area contributed by atoms with Gasteiger partial charge in [-0.3, -0.25) is 0 Å².